The molecule has 3 heterocycles. The van der Waals surface area contributed by atoms with Gasteiger partial charge in [0.15, 0.2) is 0 Å². The molecular formula is C16H23N3O2S. The van der Waals surface area contributed by atoms with Crippen LogP contribution in [-0.4, -0.2) is 27.1 Å². The highest BCUT2D eigenvalue weighted by Gasteiger charge is 2.30. The van der Waals surface area contributed by atoms with E-state index in [1.807, 2.05) is 12.1 Å². The molecule has 2 aromatic rings. The van der Waals surface area contributed by atoms with Crippen LogP contribution >= 0.6 is 11.5 Å². The third-order valence-electron chi connectivity index (χ3n) is 4.04. The van der Waals surface area contributed by atoms with Crippen LogP contribution in [0.5, 0.6) is 0 Å². The highest BCUT2D eigenvalue weighted by atomic mass is 32.1. The summed E-state index contributed by atoms with van der Waals surface area (Å²) in [5.41, 5.74) is 0. The number of hydrogen-bond acceptors (Lipinski definition) is 6. The van der Waals surface area contributed by atoms with Crippen molar-refractivity contribution in [2.75, 3.05) is 11.4 Å². The Kier molecular flexibility index (Phi) is 4.78. The predicted molar refractivity (Wildman–Crippen MR) is 87.1 cm³/mol. The topological polar surface area (TPSA) is 62.4 Å². The Balaban J connectivity index is 1.66. The van der Waals surface area contributed by atoms with Gasteiger partial charge in [0.2, 0.25) is 5.13 Å². The Labute approximate surface area is 135 Å². The van der Waals surface area contributed by atoms with E-state index in [0.717, 1.165) is 36.8 Å². The van der Waals surface area contributed by atoms with Crippen LogP contribution in [0.2, 0.25) is 0 Å². The molecule has 6 heteroatoms. The van der Waals surface area contributed by atoms with Crippen LogP contribution in [0.3, 0.4) is 0 Å². The summed E-state index contributed by atoms with van der Waals surface area (Å²) in [6.07, 6.45) is 4.86. The maximum Gasteiger partial charge on any atom is 0.205 e. The Hall–Kier alpha value is -1.40. The minimum atomic E-state index is -0.552. The third kappa shape index (κ3) is 3.50. The summed E-state index contributed by atoms with van der Waals surface area (Å²) in [4.78, 5) is 6.98. The molecule has 5 nitrogen and oxygen atoms in total. The first-order chi connectivity index (χ1) is 10.6. The van der Waals surface area contributed by atoms with E-state index in [4.69, 9.17) is 4.42 Å². The second kappa shape index (κ2) is 6.79. The average Bonchev–Trinajstić information content (AvgIpc) is 3.18. The fourth-order valence-corrected chi connectivity index (χ4v) is 3.79. The molecule has 1 N–H and O–H groups in total. The van der Waals surface area contributed by atoms with Crippen molar-refractivity contribution >= 4 is 16.7 Å². The Morgan fingerprint density at radius 1 is 1.50 bits per heavy atom. The van der Waals surface area contributed by atoms with Gasteiger partial charge in [-0.1, -0.05) is 13.8 Å². The fourth-order valence-electron chi connectivity index (χ4n) is 3.00. The lowest BCUT2D eigenvalue weighted by Gasteiger charge is -2.25. The van der Waals surface area contributed by atoms with Gasteiger partial charge in [-0.2, -0.15) is 4.37 Å². The summed E-state index contributed by atoms with van der Waals surface area (Å²) in [5.74, 6) is 2.15. The van der Waals surface area contributed by atoms with Gasteiger partial charge in [-0.25, -0.2) is 4.98 Å². The summed E-state index contributed by atoms with van der Waals surface area (Å²) in [7, 11) is 0. The van der Waals surface area contributed by atoms with Crippen molar-refractivity contribution in [2.45, 2.75) is 51.7 Å². The number of rotatable bonds is 6. The van der Waals surface area contributed by atoms with Gasteiger partial charge < -0.3 is 14.4 Å². The van der Waals surface area contributed by atoms with Gasteiger partial charge >= 0.3 is 0 Å². The average molecular weight is 321 g/mol. The lowest BCUT2D eigenvalue weighted by molar-refractivity contribution is 0.132. The number of anilines is 1. The highest BCUT2D eigenvalue weighted by Crippen LogP contribution is 2.32. The van der Waals surface area contributed by atoms with Crippen molar-refractivity contribution in [1.29, 1.82) is 0 Å². The molecule has 0 aromatic carbocycles. The molecule has 2 aromatic heterocycles. The fraction of sp³-hybridized carbons (Fsp3) is 0.625. The molecule has 0 spiro atoms. The number of hydrogen-bond donors (Lipinski definition) is 1. The van der Waals surface area contributed by atoms with Crippen molar-refractivity contribution in [3.63, 3.8) is 0 Å². The van der Waals surface area contributed by atoms with E-state index in [1.165, 1.54) is 11.5 Å². The van der Waals surface area contributed by atoms with Gasteiger partial charge in [-0.3, -0.25) is 0 Å². The van der Waals surface area contributed by atoms with E-state index >= 15 is 0 Å². The first-order valence-corrected chi connectivity index (χ1v) is 8.71. The van der Waals surface area contributed by atoms with Gasteiger partial charge in [-0.05, 0) is 30.9 Å². The quantitative estimate of drug-likeness (QED) is 0.883. The molecule has 2 atom stereocenters. The summed E-state index contributed by atoms with van der Waals surface area (Å²) in [6.45, 7) is 5.35. The molecule has 1 aliphatic rings. The number of aliphatic hydroxyl groups excluding tert-OH is 1. The first-order valence-electron chi connectivity index (χ1n) is 7.94. The molecule has 22 heavy (non-hydrogen) atoms. The van der Waals surface area contributed by atoms with E-state index < -0.39 is 6.10 Å². The van der Waals surface area contributed by atoms with Crippen LogP contribution < -0.4 is 4.90 Å². The third-order valence-corrected chi connectivity index (χ3v) is 4.83. The molecule has 0 saturated carbocycles. The monoisotopic (exact) mass is 321 g/mol. The normalized spacial score (nSPS) is 20.0. The zero-order valence-corrected chi connectivity index (χ0v) is 13.9. The summed E-state index contributed by atoms with van der Waals surface area (Å²) >= 11 is 1.48. The van der Waals surface area contributed by atoms with E-state index in [1.54, 1.807) is 6.26 Å². The van der Waals surface area contributed by atoms with Crippen molar-refractivity contribution < 1.29 is 9.52 Å². The molecule has 0 radical (unpaired) electrons. The zero-order chi connectivity index (χ0) is 15.5. The summed E-state index contributed by atoms with van der Waals surface area (Å²) in [5, 5.41) is 11.3. The number of furan rings is 1. The predicted octanol–water partition coefficient (Wildman–Crippen LogP) is 3.42. The molecule has 0 aliphatic carbocycles. The van der Waals surface area contributed by atoms with Crippen LogP contribution in [0.15, 0.2) is 22.8 Å². The molecular weight excluding hydrogens is 298 g/mol. The Bertz CT molecular complexity index is 582. The lowest BCUT2D eigenvalue weighted by atomic mass is 10.1. The molecule has 120 valence electrons. The molecule has 0 unspecified atom stereocenters. The molecule has 1 fully saturated rings. The second-order valence-corrected chi connectivity index (χ2v) is 7.08. The minimum absolute atomic E-state index is 0.306. The highest BCUT2D eigenvalue weighted by molar-refractivity contribution is 7.09. The van der Waals surface area contributed by atoms with Crippen molar-refractivity contribution in [1.82, 2.24) is 9.36 Å². The number of aliphatic hydroxyl groups is 1. The molecule has 0 amide bonds. The molecule has 1 saturated heterocycles. The summed E-state index contributed by atoms with van der Waals surface area (Å²) in [6, 6.07) is 3.95. The first kappa shape index (κ1) is 15.5. The van der Waals surface area contributed by atoms with Gasteiger partial charge in [0.25, 0.3) is 0 Å². The maximum atomic E-state index is 10.3. The smallest absolute Gasteiger partial charge is 0.205 e. The van der Waals surface area contributed by atoms with Crippen molar-refractivity contribution in [2.24, 2.45) is 5.92 Å². The molecule has 0 bridgehead atoms. The van der Waals surface area contributed by atoms with Gasteiger partial charge in [-0.15, -0.1) is 0 Å². The Morgan fingerprint density at radius 2 is 2.36 bits per heavy atom. The van der Waals surface area contributed by atoms with Crippen LogP contribution in [-0.2, 0) is 6.42 Å². The van der Waals surface area contributed by atoms with Gasteiger partial charge in [0.1, 0.15) is 17.7 Å². The molecule has 3 rings (SSSR count). The van der Waals surface area contributed by atoms with Crippen LogP contribution in [0.25, 0.3) is 0 Å². The van der Waals surface area contributed by atoms with E-state index in [0.29, 0.717) is 24.1 Å². The van der Waals surface area contributed by atoms with Crippen molar-refractivity contribution in [3.8, 4) is 0 Å². The number of nitrogens with zero attached hydrogens (tertiary/aromatic N) is 3. The van der Waals surface area contributed by atoms with Crippen LogP contribution in [0, 0.1) is 5.92 Å². The molecule has 1 aliphatic heterocycles. The standard InChI is InChI=1S/C16H23N3O2S/c1-11(2)9-15-17-16(22-18-15)19-7-3-5-12(19)10-13(20)14-6-4-8-21-14/h4,6,8,11-13,20H,3,5,7,9-10H2,1-2H3/t12-,13-/m1/s1. The van der Waals surface area contributed by atoms with E-state index in [2.05, 4.69) is 28.1 Å². The zero-order valence-electron chi connectivity index (χ0n) is 13.1. The van der Waals surface area contributed by atoms with Crippen LogP contribution in [0.4, 0.5) is 5.13 Å². The van der Waals surface area contributed by atoms with Gasteiger partial charge in [0, 0.05) is 37.0 Å². The maximum absolute atomic E-state index is 10.3. The Morgan fingerprint density at radius 3 is 3.09 bits per heavy atom. The largest absolute Gasteiger partial charge is 0.467 e. The second-order valence-electron chi connectivity index (χ2n) is 6.35. The van der Waals surface area contributed by atoms with Crippen LogP contribution in [0.1, 0.15) is 50.8 Å². The lowest BCUT2D eigenvalue weighted by Crippen LogP contribution is -2.30. The van der Waals surface area contributed by atoms with E-state index in [9.17, 15) is 5.11 Å². The van der Waals surface area contributed by atoms with Crippen molar-refractivity contribution in [3.05, 3.63) is 30.0 Å². The minimum Gasteiger partial charge on any atom is -0.467 e. The SMILES string of the molecule is CC(C)Cc1nsc(N2CCC[C@@H]2C[C@@H](O)c2ccco2)n1. The number of aromatic nitrogens is 2. The van der Waals surface area contributed by atoms with Gasteiger partial charge in [0.05, 0.1) is 6.26 Å². The summed E-state index contributed by atoms with van der Waals surface area (Å²) < 4.78 is 9.77. The van der Waals surface area contributed by atoms with E-state index in [-0.39, 0.29) is 0 Å².